The van der Waals surface area contributed by atoms with Crippen LogP contribution in [0.2, 0.25) is 0 Å². The molecule has 0 aliphatic carbocycles. The quantitative estimate of drug-likeness (QED) is 0.853. The van der Waals surface area contributed by atoms with E-state index in [1.54, 1.807) is 23.8 Å². The number of methoxy groups -OCH3 is 2. The monoisotopic (exact) mass is 378 g/mol. The van der Waals surface area contributed by atoms with Gasteiger partial charge in [-0.05, 0) is 33.3 Å². The standard InChI is InChI=1S/C19H26N2O4S/c1-7-10(2)20-16(22)15-19(3,4)26-18-11-8-9-12(24-5)14(25-6)13(11)17(23)21(15)18/h8-10,15,18H,7H2,1-6H3,(H,20,22)/t10-,15+,18+/m1/s1. The van der Waals surface area contributed by atoms with Crippen molar-refractivity contribution in [2.45, 2.75) is 56.3 Å². The lowest BCUT2D eigenvalue weighted by atomic mass is 10.00. The van der Waals surface area contributed by atoms with Gasteiger partial charge in [0, 0.05) is 16.4 Å². The lowest BCUT2D eigenvalue weighted by Crippen LogP contribution is -2.54. The van der Waals surface area contributed by atoms with Crippen molar-refractivity contribution < 1.29 is 19.1 Å². The van der Waals surface area contributed by atoms with Crippen molar-refractivity contribution in [1.82, 2.24) is 10.2 Å². The van der Waals surface area contributed by atoms with Crippen LogP contribution in [-0.4, -0.2) is 47.8 Å². The third-order valence-corrected chi connectivity index (χ3v) is 6.68. The van der Waals surface area contributed by atoms with Crippen LogP contribution in [0, 0.1) is 0 Å². The molecule has 2 aliphatic heterocycles. The first-order valence-electron chi connectivity index (χ1n) is 8.82. The number of thioether (sulfide) groups is 1. The van der Waals surface area contributed by atoms with Gasteiger partial charge in [0.1, 0.15) is 11.4 Å². The summed E-state index contributed by atoms with van der Waals surface area (Å²) in [7, 11) is 3.07. The summed E-state index contributed by atoms with van der Waals surface area (Å²) in [5, 5.41) is 2.84. The molecule has 3 atom stereocenters. The van der Waals surface area contributed by atoms with Gasteiger partial charge < -0.3 is 19.7 Å². The van der Waals surface area contributed by atoms with Crippen LogP contribution < -0.4 is 14.8 Å². The molecule has 2 heterocycles. The minimum atomic E-state index is -0.540. The summed E-state index contributed by atoms with van der Waals surface area (Å²) in [6.07, 6.45) is 0.842. The Balaban J connectivity index is 2.04. The summed E-state index contributed by atoms with van der Waals surface area (Å²) >= 11 is 1.64. The summed E-state index contributed by atoms with van der Waals surface area (Å²) in [5.74, 6) is 0.670. The molecule has 7 heteroatoms. The molecule has 0 aromatic heterocycles. The zero-order valence-electron chi connectivity index (χ0n) is 16.1. The summed E-state index contributed by atoms with van der Waals surface area (Å²) in [6, 6.07) is 3.24. The van der Waals surface area contributed by atoms with E-state index in [-0.39, 0.29) is 28.0 Å². The molecule has 6 nitrogen and oxygen atoms in total. The normalized spacial score (nSPS) is 24.1. The molecule has 1 N–H and O–H groups in total. The number of amides is 2. The SMILES string of the molecule is CC[C@@H](C)NC(=O)[C@@H]1N2C(=O)c3c(ccc(OC)c3OC)[C@@H]2SC1(C)C. The first-order chi connectivity index (χ1) is 12.3. The van der Waals surface area contributed by atoms with Crippen LogP contribution in [0.3, 0.4) is 0 Å². The van der Waals surface area contributed by atoms with Crippen molar-refractivity contribution in [3.05, 3.63) is 23.3 Å². The molecule has 26 heavy (non-hydrogen) atoms. The first-order valence-corrected chi connectivity index (χ1v) is 9.70. The summed E-state index contributed by atoms with van der Waals surface area (Å²) in [5.41, 5.74) is 1.38. The van der Waals surface area contributed by atoms with Gasteiger partial charge in [0.2, 0.25) is 5.91 Å². The topological polar surface area (TPSA) is 67.9 Å². The smallest absolute Gasteiger partial charge is 0.260 e. The van der Waals surface area contributed by atoms with Gasteiger partial charge in [0.15, 0.2) is 11.5 Å². The average molecular weight is 378 g/mol. The number of hydrogen-bond donors (Lipinski definition) is 1. The molecule has 0 spiro atoms. The van der Waals surface area contributed by atoms with Gasteiger partial charge >= 0.3 is 0 Å². The highest BCUT2D eigenvalue weighted by atomic mass is 32.2. The second-order valence-electron chi connectivity index (χ2n) is 7.27. The van der Waals surface area contributed by atoms with Crippen molar-refractivity contribution >= 4 is 23.6 Å². The maximum atomic E-state index is 13.3. The van der Waals surface area contributed by atoms with Crippen LogP contribution in [0.25, 0.3) is 0 Å². The van der Waals surface area contributed by atoms with Gasteiger partial charge in [-0.25, -0.2) is 0 Å². The Morgan fingerprint density at radius 2 is 2.04 bits per heavy atom. The summed E-state index contributed by atoms with van der Waals surface area (Å²) in [6.45, 7) is 8.03. The largest absolute Gasteiger partial charge is 0.493 e. The first kappa shape index (κ1) is 18.9. The number of nitrogens with one attached hydrogen (secondary N) is 1. The van der Waals surface area contributed by atoms with Gasteiger partial charge in [-0.1, -0.05) is 13.0 Å². The molecule has 2 aliphatic rings. The molecule has 1 fully saturated rings. The van der Waals surface area contributed by atoms with E-state index >= 15 is 0 Å². The van der Waals surface area contributed by atoms with E-state index in [4.69, 9.17) is 9.47 Å². The number of benzene rings is 1. The van der Waals surface area contributed by atoms with Crippen LogP contribution in [-0.2, 0) is 4.79 Å². The number of fused-ring (bicyclic) bond motifs is 3. The number of nitrogens with zero attached hydrogens (tertiary/aromatic N) is 1. The van der Waals surface area contributed by atoms with E-state index in [1.807, 2.05) is 39.8 Å². The Morgan fingerprint density at radius 3 is 2.62 bits per heavy atom. The fourth-order valence-electron chi connectivity index (χ4n) is 3.68. The molecule has 0 saturated carbocycles. The number of carbonyl (C=O) groups is 2. The number of rotatable bonds is 5. The fourth-order valence-corrected chi connectivity index (χ4v) is 5.26. The van der Waals surface area contributed by atoms with E-state index in [0.29, 0.717) is 17.1 Å². The van der Waals surface area contributed by atoms with Crippen molar-refractivity contribution in [3.63, 3.8) is 0 Å². The Hall–Kier alpha value is -1.89. The van der Waals surface area contributed by atoms with Crippen molar-refractivity contribution in [2.75, 3.05) is 14.2 Å². The second kappa shape index (κ2) is 6.68. The fraction of sp³-hybridized carbons (Fsp3) is 0.579. The highest BCUT2D eigenvalue weighted by molar-refractivity contribution is 8.01. The average Bonchev–Trinajstić information content (AvgIpc) is 3.03. The molecule has 1 saturated heterocycles. The summed E-state index contributed by atoms with van der Waals surface area (Å²) in [4.78, 5) is 28.0. The minimum Gasteiger partial charge on any atom is -0.493 e. The van der Waals surface area contributed by atoms with E-state index in [2.05, 4.69) is 5.32 Å². The lowest BCUT2D eigenvalue weighted by molar-refractivity contribution is -0.126. The molecule has 1 aromatic rings. The second-order valence-corrected chi connectivity index (χ2v) is 9.01. The van der Waals surface area contributed by atoms with E-state index in [1.165, 1.54) is 7.11 Å². The van der Waals surface area contributed by atoms with Gasteiger partial charge in [0.25, 0.3) is 5.91 Å². The molecular weight excluding hydrogens is 352 g/mol. The van der Waals surface area contributed by atoms with Crippen molar-refractivity contribution in [3.8, 4) is 11.5 Å². The van der Waals surface area contributed by atoms with Gasteiger partial charge in [0.05, 0.1) is 19.8 Å². The summed E-state index contributed by atoms with van der Waals surface area (Å²) < 4.78 is 10.4. The van der Waals surface area contributed by atoms with Gasteiger partial charge in [-0.3, -0.25) is 9.59 Å². The molecule has 0 bridgehead atoms. The minimum absolute atomic E-state index is 0.0667. The van der Waals surface area contributed by atoms with Crippen LogP contribution in [0.1, 0.15) is 55.4 Å². The van der Waals surface area contributed by atoms with E-state index in [0.717, 1.165) is 12.0 Å². The Kier molecular flexibility index (Phi) is 4.86. The van der Waals surface area contributed by atoms with Crippen LogP contribution in [0.5, 0.6) is 11.5 Å². The van der Waals surface area contributed by atoms with Gasteiger partial charge in [-0.2, -0.15) is 0 Å². The maximum Gasteiger partial charge on any atom is 0.260 e. The van der Waals surface area contributed by atoms with Crippen molar-refractivity contribution in [1.29, 1.82) is 0 Å². The Labute approximate surface area is 158 Å². The number of hydrogen-bond acceptors (Lipinski definition) is 5. The molecule has 1 aromatic carbocycles. The predicted molar refractivity (Wildman–Crippen MR) is 102 cm³/mol. The van der Waals surface area contributed by atoms with Crippen LogP contribution in [0.4, 0.5) is 0 Å². The Morgan fingerprint density at radius 1 is 1.35 bits per heavy atom. The maximum absolute atomic E-state index is 13.3. The molecular formula is C19H26N2O4S. The zero-order chi connectivity index (χ0) is 19.2. The van der Waals surface area contributed by atoms with Gasteiger partial charge in [-0.15, -0.1) is 11.8 Å². The molecule has 3 rings (SSSR count). The number of ether oxygens (including phenoxy) is 2. The lowest BCUT2D eigenvalue weighted by Gasteiger charge is -2.30. The third kappa shape index (κ3) is 2.73. The van der Waals surface area contributed by atoms with Crippen molar-refractivity contribution in [2.24, 2.45) is 0 Å². The zero-order valence-corrected chi connectivity index (χ0v) is 16.9. The van der Waals surface area contributed by atoms with E-state index < -0.39 is 6.04 Å². The Bertz CT molecular complexity index is 749. The third-order valence-electron chi connectivity index (χ3n) is 5.15. The van der Waals surface area contributed by atoms with Crippen LogP contribution >= 0.6 is 11.8 Å². The number of carbonyl (C=O) groups excluding carboxylic acids is 2. The van der Waals surface area contributed by atoms with E-state index in [9.17, 15) is 9.59 Å². The highest BCUT2D eigenvalue weighted by Crippen LogP contribution is 2.58. The highest BCUT2D eigenvalue weighted by Gasteiger charge is 2.58. The molecule has 0 radical (unpaired) electrons. The predicted octanol–water partition coefficient (Wildman–Crippen LogP) is 2.97. The molecule has 2 amide bonds. The van der Waals surface area contributed by atoms with Crippen LogP contribution in [0.15, 0.2) is 12.1 Å². The molecule has 0 unspecified atom stereocenters. The molecule has 142 valence electrons.